The molecule has 6 aromatic carbocycles. The van der Waals surface area contributed by atoms with E-state index < -0.39 is 0 Å². The normalized spacial score (nSPS) is 11.6. The van der Waals surface area contributed by atoms with E-state index in [-0.39, 0.29) is 0 Å². The molecule has 0 N–H and O–H groups in total. The van der Waals surface area contributed by atoms with Gasteiger partial charge in [-0.25, -0.2) is 9.97 Å². The topological polar surface area (TPSA) is 35.0 Å². The molecule has 2 heterocycles. The predicted molar refractivity (Wildman–Crippen MR) is 167 cm³/mol. The van der Waals surface area contributed by atoms with Gasteiger partial charge in [0.05, 0.1) is 11.4 Å². The average Bonchev–Trinajstić information content (AvgIpc) is 3.06. The van der Waals surface area contributed by atoms with E-state index in [0.717, 1.165) is 56.1 Å². The smallest absolute Gasteiger partial charge is 0.160 e. The van der Waals surface area contributed by atoms with Crippen LogP contribution in [0.15, 0.2) is 146 Å². The number of rotatable bonds is 4. The van der Waals surface area contributed by atoms with Gasteiger partial charge in [0, 0.05) is 27.6 Å². The van der Waals surface area contributed by atoms with Gasteiger partial charge in [-0.05, 0) is 40.3 Å². The summed E-state index contributed by atoms with van der Waals surface area (Å²) in [5, 5.41) is 2.33. The number of hydrogen-bond donors (Lipinski definition) is 0. The van der Waals surface area contributed by atoms with E-state index in [9.17, 15) is 0 Å². The molecule has 0 radical (unpaired) electrons. The third-order valence-electron chi connectivity index (χ3n) is 7.72. The molecule has 0 unspecified atom stereocenters. The number of nitrogens with zero attached hydrogens (tertiary/aromatic N) is 2. The van der Waals surface area contributed by atoms with Crippen LogP contribution in [0.4, 0.5) is 0 Å². The molecule has 3 heteroatoms. The molecule has 0 saturated carbocycles. The zero-order valence-electron chi connectivity index (χ0n) is 22.2. The summed E-state index contributed by atoms with van der Waals surface area (Å²) in [6.07, 6.45) is 0. The van der Waals surface area contributed by atoms with Gasteiger partial charge in [0.2, 0.25) is 0 Å². The monoisotopic (exact) mass is 524 g/mol. The molecule has 192 valence electrons. The Morgan fingerprint density at radius 1 is 0.390 bits per heavy atom. The number of ether oxygens (including phenoxy) is 1. The Kier molecular flexibility index (Phi) is 5.46. The van der Waals surface area contributed by atoms with Crippen molar-refractivity contribution in [2.45, 2.75) is 0 Å². The van der Waals surface area contributed by atoms with E-state index in [1.807, 2.05) is 48.5 Å². The highest BCUT2D eigenvalue weighted by Gasteiger charge is 2.21. The highest BCUT2D eigenvalue weighted by atomic mass is 16.5. The van der Waals surface area contributed by atoms with Crippen LogP contribution >= 0.6 is 0 Å². The molecule has 1 aliphatic heterocycles. The lowest BCUT2D eigenvalue weighted by molar-refractivity contribution is 0.487. The minimum Gasteiger partial charge on any atom is -0.456 e. The predicted octanol–water partition coefficient (Wildman–Crippen LogP) is 10.1. The van der Waals surface area contributed by atoms with Crippen LogP contribution < -0.4 is 4.74 Å². The summed E-state index contributed by atoms with van der Waals surface area (Å²) < 4.78 is 6.30. The maximum Gasteiger partial charge on any atom is 0.160 e. The van der Waals surface area contributed by atoms with Crippen LogP contribution in [0.1, 0.15) is 0 Å². The molecule has 41 heavy (non-hydrogen) atoms. The van der Waals surface area contributed by atoms with Crippen LogP contribution in [0.3, 0.4) is 0 Å². The minimum absolute atomic E-state index is 0.707. The Hall–Kier alpha value is -5.54. The van der Waals surface area contributed by atoms with E-state index >= 15 is 0 Å². The molecule has 3 nitrogen and oxygen atoms in total. The summed E-state index contributed by atoms with van der Waals surface area (Å²) >= 11 is 0. The first-order chi connectivity index (χ1) is 20.3. The number of hydrogen-bond acceptors (Lipinski definition) is 3. The SMILES string of the molecule is c1ccc(-c2cc(-c3ccccc3)nc(-c3ccc(-c4ccc5c6c(cccc46)-c4ccccc4O5)cc3)n2)cc1. The van der Waals surface area contributed by atoms with Crippen LogP contribution in [0, 0.1) is 0 Å². The van der Waals surface area contributed by atoms with Crippen molar-refractivity contribution in [2.75, 3.05) is 0 Å². The van der Waals surface area contributed by atoms with E-state index in [4.69, 9.17) is 14.7 Å². The first-order valence-corrected chi connectivity index (χ1v) is 13.8. The number of para-hydroxylation sites is 1. The Balaban J connectivity index is 1.23. The van der Waals surface area contributed by atoms with Crippen molar-refractivity contribution in [1.29, 1.82) is 0 Å². The molecule has 0 spiro atoms. The summed E-state index contributed by atoms with van der Waals surface area (Å²) in [4.78, 5) is 9.97. The van der Waals surface area contributed by atoms with Gasteiger partial charge in [-0.3, -0.25) is 0 Å². The van der Waals surface area contributed by atoms with E-state index in [1.54, 1.807) is 0 Å². The van der Waals surface area contributed by atoms with Gasteiger partial charge >= 0.3 is 0 Å². The fourth-order valence-corrected chi connectivity index (χ4v) is 5.72. The molecule has 0 amide bonds. The molecule has 8 rings (SSSR count). The fourth-order valence-electron chi connectivity index (χ4n) is 5.72. The second kappa shape index (κ2) is 9.58. The first kappa shape index (κ1) is 23.4. The van der Waals surface area contributed by atoms with Crippen molar-refractivity contribution in [3.05, 3.63) is 146 Å². The fraction of sp³-hybridized carbons (Fsp3) is 0. The van der Waals surface area contributed by atoms with Crippen LogP contribution in [-0.4, -0.2) is 9.97 Å². The Bertz CT molecular complexity index is 1990. The van der Waals surface area contributed by atoms with Crippen LogP contribution in [0.25, 0.3) is 66.9 Å². The minimum atomic E-state index is 0.707. The second-order valence-corrected chi connectivity index (χ2v) is 10.2. The Morgan fingerprint density at radius 2 is 1.00 bits per heavy atom. The van der Waals surface area contributed by atoms with Crippen molar-refractivity contribution in [3.8, 4) is 67.7 Å². The standard InChI is InChI=1S/C38H24N2O/c1-3-10-26(11-4-1)33-24-34(27-12-5-2-6-13-27)40-38(39-33)28-20-18-25(19-21-28)29-22-23-36-37-31(29)15-9-16-32(37)30-14-7-8-17-35(30)41-36/h1-24H. The molecule has 7 aromatic rings. The third kappa shape index (κ3) is 4.07. The summed E-state index contributed by atoms with van der Waals surface area (Å²) in [6, 6.07) is 50.2. The quantitative estimate of drug-likeness (QED) is 0.230. The van der Waals surface area contributed by atoms with Gasteiger partial charge in [0.15, 0.2) is 5.82 Å². The summed E-state index contributed by atoms with van der Waals surface area (Å²) in [7, 11) is 0. The van der Waals surface area contributed by atoms with E-state index in [2.05, 4.69) is 97.1 Å². The van der Waals surface area contributed by atoms with Gasteiger partial charge in [0.1, 0.15) is 11.5 Å². The molecular weight excluding hydrogens is 500 g/mol. The first-order valence-electron chi connectivity index (χ1n) is 13.8. The number of fused-ring (bicyclic) bond motifs is 2. The van der Waals surface area contributed by atoms with Crippen LogP contribution in [0.5, 0.6) is 11.5 Å². The van der Waals surface area contributed by atoms with Crippen molar-refractivity contribution in [1.82, 2.24) is 9.97 Å². The van der Waals surface area contributed by atoms with Gasteiger partial charge in [0.25, 0.3) is 0 Å². The molecule has 0 fully saturated rings. The lowest BCUT2D eigenvalue weighted by Crippen LogP contribution is -1.97. The average molecular weight is 525 g/mol. The summed E-state index contributed by atoms with van der Waals surface area (Å²) in [5.74, 6) is 2.50. The van der Waals surface area contributed by atoms with Gasteiger partial charge < -0.3 is 4.74 Å². The number of benzene rings is 6. The molecule has 1 aliphatic rings. The van der Waals surface area contributed by atoms with Gasteiger partial charge in [-0.15, -0.1) is 0 Å². The van der Waals surface area contributed by atoms with Crippen molar-refractivity contribution in [2.24, 2.45) is 0 Å². The number of aromatic nitrogens is 2. The van der Waals surface area contributed by atoms with Crippen LogP contribution in [0.2, 0.25) is 0 Å². The maximum absolute atomic E-state index is 6.30. The lowest BCUT2D eigenvalue weighted by atomic mass is 9.90. The van der Waals surface area contributed by atoms with E-state index in [1.165, 1.54) is 16.5 Å². The lowest BCUT2D eigenvalue weighted by Gasteiger charge is -2.22. The molecular formula is C38H24N2O. The third-order valence-corrected chi connectivity index (χ3v) is 7.72. The van der Waals surface area contributed by atoms with Crippen LogP contribution in [-0.2, 0) is 0 Å². The van der Waals surface area contributed by atoms with Gasteiger partial charge in [-0.1, -0.05) is 127 Å². The van der Waals surface area contributed by atoms with Crippen molar-refractivity contribution >= 4 is 10.8 Å². The largest absolute Gasteiger partial charge is 0.456 e. The maximum atomic E-state index is 6.30. The Morgan fingerprint density at radius 3 is 1.71 bits per heavy atom. The highest BCUT2D eigenvalue weighted by molar-refractivity contribution is 6.09. The summed E-state index contributed by atoms with van der Waals surface area (Å²) in [5.41, 5.74) is 9.56. The van der Waals surface area contributed by atoms with Gasteiger partial charge in [-0.2, -0.15) is 0 Å². The summed E-state index contributed by atoms with van der Waals surface area (Å²) in [6.45, 7) is 0. The molecule has 0 bridgehead atoms. The zero-order valence-corrected chi connectivity index (χ0v) is 22.2. The Labute approximate surface area is 238 Å². The second-order valence-electron chi connectivity index (χ2n) is 10.2. The molecule has 0 saturated heterocycles. The molecule has 0 atom stereocenters. The van der Waals surface area contributed by atoms with E-state index in [0.29, 0.717) is 5.82 Å². The van der Waals surface area contributed by atoms with Crippen molar-refractivity contribution in [3.63, 3.8) is 0 Å². The molecule has 0 aliphatic carbocycles. The van der Waals surface area contributed by atoms with Crippen molar-refractivity contribution < 1.29 is 4.74 Å². The zero-order chi connectivity index (χ0) is 27.2. The highest BCUT2D eigenvalue weighted by Crippen LogP contribution is 2.48. The molecule has 1 aromatic heterocycles.